The number of carbonyl (C=O) groups is 1. The van der Waals surface area contributed by atoms with E-state index in [1.807, 2.05) is 0 Å². The van der Waals surface area contributed by atoms with Crippen LogP contribution in [0.2, 0.25) is 0 Å². The van der Waals surface area contributed by atoms with E-state index in [-0.39, 0.29) is 17.3 Å². The van der Waals surface area contributed by atoms with Gasteiger partial charge in [0.15, 0.2) is 0 Å². The van der Waals surface area contributed by atoms with E-state index in [4.69, 9.17) is 5.11 Å². The molecule has 2 rings (SSSR count). The van der Waals surface area contributed by atoms with Gasteiger partial charge < -0.3 is 19.9 Å². The van der Waals surface area contributed by atoms with Crippen LogP contribution in [0.1, 0.15) is 0 Å². The van der Waals surface area contributed by atoms with E-state index < -0.39 is 6.16 Å². The molecule has 0 aliphatic heterocycles. The second-order valence-electron chi connectivity index (χ2n) is 2.58. The van der Waals surface area contributed by atoms with Crippen molar-refractivity contribution >= 4 is 17.2 Å². The molecule has 0 atom stereocenters. The maximum Gasteiger partial charge on any atom is 0.513 e. The monoisotopic (exact) mass is 194 g/mol. The van der Waals surface area contributed by atoms with Gasteiger partial charge in [-0.1, -0.05) is 6.07 Å². The van der Waals surface area contributed by atoms with Crippen LogP contribution in [0, 0.1) is 0 Å². The van der Waals surface area contributed by atoms with Crippen molar-refractivity contribution in [3.8, 4) is 11.8 Å². The third kappa shape index (κ3) is 1.33. The molecule has 6 nitrogen and oxygen atoms in total. The molecular formula is C8H6N2O4. The Kier molecular flexibility index (Phi) is 1.74. The quantitative estimate of drug-likeness (QED) is 0.595. The lowest BCUT2D eigenvalue weighted by molar-refractivity contribution is 0.141. The Morgan fingerprint density at radius 2 is 2.29 bits per heavy atom. The number of ether oxygens (including phenoxy) is 1. The molecule has 6 heteroatoms. The molecule has 0 radical (unpaired) electrons. The maximum atomic E-state index is 10.2. The fourth-order valence-electron chi connectivity index (χ4n) is 1.13. The third-order valence-electron chi connectivity index (χ3n) is 1.65. The second-order valence-corrected chi connectivity index (χ2v) is 2.58. The first kappa shape index (κ1) is 8.36. The number of aromatic hydroxyl groups is 1. The molecule has 1 aromatic carbocycles. The average molecular weight is 194 g/mol. The lowest BCUT2D eigenvalue weighted by atomic mass is 10.3. The predicted molar refractivity (Wildman–Crippen MR) is 46.4 cm³/mol. The van der Waals surface area contributed by atoms with Crippen LogP contribution in [0.5, 0.6) is 11.8 Å². The van der Waals surface area contributed by atoms with E-state index in [1.165, 1.54) is 6.07 Å². The number of phenols is 1. The van der Waals surface area contributed by atoms with Crippen molar-refractivity contribution in [2.75, 3.05) is 0 Å². The van der Waals surface area contributed by atoms with Gasteiger partial charge >= 0.3 is 12.2 Å². The normalized spacial score (nSPS) is 10.3. The molecule has 0 fully saturated rings. The van der Waals surface area contributed by atoms with Crippen molar-refractivity contribution in [3.63, 3.8) is 0 Å². The lowest BCUT2D eigenvalue weighted by Crippen LogP contribution is -2.03. The number of rotatable bonds is 1. The molecule has 1 heterocycles. The molecule has 0 aliphatic rings. The molecule has 0 bridgehead atoms. The molecule has 72 valence electrons. The van der Waals surface area contributed by atoms with E-state index in [9.17, 15) is 9.90 Å². The number of para-hydroxylation sites is 1. The molecule has 14 heavy (non-hydrogen) atoms. The second kappa shape index (κ2) is 2.91. The largest absolute Gasteiger partial charge is 0.513 e. The summed E-state index contributed by atoms with van der Waals surface area (Å²) in [7, 11) is 0. The van der Waals surface area contributed by atoms with Gasteiger partial charge in [0.25, 0.3) is 0 Å². The highest BCUT2D eigenvalue weighted by molar-refractivity contribution is 5.82. The van der Waals surface area contributed by atoms with Crippen LogP contribution in [0.4, 0.5) is 4.79 Å². The Hall–Kier alpha value is -2.24. The van der Waals surface area contributed by atoms with Gasteiger partial charge in [-0.2, -0.15) is 4.98 Å². The van der Waals surface area contributed by atoms with E-state index in [2.05, 4.69) is 14.7 Å². The van der Waals surface area contributed by atoms with Crippen molar-refractivity contribution in [1.82, 2.24) is 9.97 Å². The lowest BCUT2D eigenvalue weighted by Gasteiger charge is -1.89. The Balaban J connectivity index is 2.51. The summed E-state index contributed by atoms with van der Waals surface area (Å²) in [5.74, 6) is -0.0287. The van der Waals surface area contributed by atoms with E-state index in [1.54, 1.807) is 12.1 Å². The number of carboxylic acid groups (broad SMARTS) is 1. The molecule has 0 saturated heterocycles. The van der Waals surface area contributed by atoms with Crippen LogP contribution in [0.15, 0.2) is 18.2 Å². The summed E-state index contributed by atoms with van der Waals surface area (Å²) in [6.45, 7) is 0. The van der Waals surface area contributed by atoms with Gasteiger partial charge in [-0.15, -0.1) is 0 Å². The number of H-pyrrole nitrogens is 1. The van der Waals surface area contributed by atoms with Crippen molar-refractivity contribution < 1.29 is 19.7 Å². The molecule has 0 amide bonds. The summed E-state index contributed by atoms with van der Waals surface area (Å²) in [6.07, 6.45) is -1.46. The maximum absolute atomic E-state index is 10.2. The van der Waals surface area contributed by atoms with E-state index >= 15 is 0 Å². The highest BCUT2D eigenvalue weighted by Crippen LogP contribution is 2.24. The van der Waals surface area contributed by atoms with E-state index in [0.29, 0.717) is 5.52 Å². The van der Waals surface area contributed by atoms with Gasteiger partial charge in [0, 0.05) is 0 Å². The number of nitrogens with one attached hydrogen (secondary N) is 1. The minimum Gasteiger partial charge on any atom is -0.506 e. The Morgan fingerprint density at radius 1 is 1.50 bits per heavy atom. The minimum atomic E-state index is -1.46. The zero-order chi connectivity index (χ0) is 10.1. The molecule has 3 N–H and O–H groups in total. The molecule has 1 aromatic heterocycles. The first-order chi connectivity index (χ1) is 6.66. The predicted octanol–water partition coefficient (Wildman–Crippen LogP) is 1.33. The Labute approximate surface area is 77.8 Å². The summed E-state index contributed by atoms with van der Waals surface area (Å²) in [5, 5.41) is 17.6. The van der Waals surface area contributed by atoms with Crippen LogP contribution in [0.3, 0.4) is 0 Å². The van der Waals surface area contributed by atoms with Crippen molar-refractivity contribution in [3.05, 3.63) is 18.2 Å². The van der Waals surface area contributed by atoms with E-state index in [0.717, 1.165) is 0 Å². The molecule has 0 saturated carbocycles. The third-order valence-corrected chi connectivity index (χ3v) is 1.65. The Bertz CT molecular complexity index is 491. The SMILES string of the molecule is O=C(O)Oc1nc2c(O)cccc2[nH]1. The fraction of sp³-hybridized carbons (Fsp3) is 0. The fourth-order valence-corrected chi connectivity index (χ4v) is 1.13. The van der Waals surface area contributed by atoms with Crippen LogP contribution < -0.4 is 4.74 Å². The Morgan fingerprint density at radius 3 is 2.93 bits per heavy atom. The summed E-state index contributed by atoms with van der Waals surface area (Å²) in [4.78, 5) is 16.5. The molecule has 2 aromatic rings. The van der Waals surface area contributed by atoms with Gasteiger partial charge in [0.2, 0.25) is 0 Å². The van der Waals surface area contributed by atoms with Gasteiger partial charge in [0.1, 0.15) is 11.3 Å². The smallest absolute Gasteiger partial charge is 0.506 e. The first-order valence-electron chi connectivity index (χ1n) is 3.75. The number of imidazole rings is 1. The number of fused-ring (bicyclic) bond motifs is 1. The average Bonchev–Trinajstić information content (AvgIpc) is 2.47. The first-order valence-corrected chi connectivity index (χ1v) is 3.75. The number of aromatic nitrogens is 2. The summed E-state index contributed by atoms with van der Waals surface area (Å²) >= 11 is 0. The summed E-state index contributed by atoms with van der Waals surface area (Å²) in [5.41, 5.74) is 0.796. The van der Waals surface area contributed by atoms with Crippen LogP contribution in [-0.2, 0) is 0 Å². The number of hydrogen-bond donors (Lipinski definition) is 3. The number of benzene rings is 1. The topological polar surface area (TPSA) is 95.4 Å². The van der Waals surface area contributed by atoms with Gasteiger partial charge in [-0.25, -0.2) is 4.79 Å². The number of hydrogen-bond acceptors (Lipinski definition) is 4. The molecular weight excluding hydrogens is 188 g/mol. The molecule has 0 unspecified atom stereocenters. The van der Waals surface area contributed by atoms with Crippen molar-refractivity contribution in [1.29, 1.82) is 0 Å². The number of aromatic amines is 1. The summed E-state index contributed by atoms with van der Waals surface area (Å²) in [6, 6.07) is 4.55. The number of nitrogens with zero attached hydrogens (tertiary/aromatic N) is 1. The molecule has 0 spiro atoms. The van der Waals surface area contributed by atoms with Gasteiger partial charge in [-0.3, -0.25) is 0 Å². The minimum absolute atomic E-state index is 0.0287. The number of phenolic OH excluding ortho intramolecular Hbond substituents is 1. The van der Waals surface area contributed by atoms with Crippen LogP contribution in [0.25, 0.3) is 11.0 Å². The zero-order valence-corrected chi connectivity index (χ0v) is 6.89. The van der Waals surface area contributed by atoms with Gasteiger partial charge in [0.05, 0.1) is 5.52 Å². The van der Waals surface area contributed by atoms with Gasteiger partial charge in [-0.05, 0) is 12.1 Å². The van der Waals surface area contributed by atoms with Crippen LogP contribution in [-0.4, -0.2) is 26.3 Å². The van der Waals surface area contributed by atoms with Crippen molar-refractivity contribution in [2.45, 2.75) is 0 Å². The highest BCUT2D eigenvalue weighted by Gasteiger charge is 2.09. The highest BCUT2D eigenvalue weighted by atomic mass is 16.7. The van der Waals surface area contributed by atoms with Crippen molar-refractivity contribution in [2.24, 2.45) is 0 Å². The standard InChI is InChI=1S/C8H6N2O4/c11-5-3-1-2-4-6(5)10-7(9-4)14-8(12)13/h1-3,11H,(H,9,10)(H,12,13). The zero-order valence-electron chi connectivity index (χ0n) is 6.89. The summed E-state index contributed by atoms with van der Waals surface area (Å²) < 4.78 is 4.29. The van der Waals surface area contributed by atoms with Crippen LogP contribution >= 0.6 is 0 Å². The molecule has 0 aliphatic carbocycles.